The molecule has 0 spiro atoms. The normalized spacial score (nSPS) is 15.4. The van der Waals surface area contributed by atoms with Crippen molar-refractivity contribution in [2.75, 3.05) is 41.5 Å². The number of carbonyl (C=O) groups excluding carboxylic acids is 2. The number of ether oxygens (including phenoxy) is 4. The summed E-state index contributed by atoms with van der Waals surface area (Å²) in [5.74, 6) is 2.09. The van der Waals surface area contributed by atoms with Gasteiger partial charge in [0.25, 0.3) is 0 Å². The van der Waals surface area contributed by atoms with E-state index in [1.165, 1.54) is 0 Å². The highest BCUT2D eigenvalue weighted by atomic mass is 16.5. The molecule has 172 valence electrons. The summed E-state index contributed by atoms with van der Waals surface area (Å²) in [4.78, 5) is 26.8. The quantitative estimate of drug-likeness (QED) is 0.608. The molecule has 0 aromatic heterocycles. The van der Waals surface area contributed by atoms with Gasteiger partial charge in [-0.05, 0) is 41.8 Å². The number of hydrogen-bond acceptors (Lipinski definition) is 6. The zero-order valence-electron chi connectivity index (χ0n) is 19.0. The standard InChI is InChI=1S/C24H30N2O6/c1-29-19-7-5-16(11-21(19)31-3)9-10-26-15-18(13-23(26)27)24(28)25-14-17-6-8-20(30-2)22(12-17)32-4/h5-8,11-12,18H,9-10,13-15H2,1-4H3,(H,25,28). The fourth-order valence-electron chi connectivity index (χ4n) is 3.79. The fourth-order valence-corrected chi connectivity index (χ4v) is 3.79. The summed E-state index contributed by atoms with van der Waals surface area (Å²) in [6, 6.07) is 11.2. The van der Waals surface area contributed by atoms with E-state index in [0.717, 1.165) is 11.1 Å². The second kappa shape index (κ2) is 10.7. The number of methoxy groups -OCH3 is 4. The molecule has 1 heterocycles. The summed E-state index contributed by atoms with van der Waals surface area (Å²) < 4.78 is 21.1. The van der Waals surface area contributed by atoms with Gasteiger partial charge in [-0.15, -0.1) is 0 Å². The highest BCUT2D eigenvalue weighted by molar-refractivity contribution is 5.89. The first-order valence-corrected chi connectivity index (χ1v) is 10.5. The van der Waals surface area contributed by atoms with Crippen LogP contribution in [0.25, 0.3) is 0 Å². The van der Waals surface area contributed by atoms with Gasteiger partial charge in [0.1, 0.15) is 0 Å². The van der Waals surface area contributed by atoms with Crippen LogP contribution < -0.4 is 24.3 Å². The average Bonchev–Trinajstić information content (AvgIpc) is 3.21. The Balaban J connectivity index is 1.52. The van der Waals surface area contributed by atoms with Gasteiger partial charge in [-0.2, -0.15) is 0 Å². The van der Waals surface area contributed by atoms with Crippen molar-refractivity contribution in [3.8, 4) is 23.0 Å². The number of hydrogen-bond donors (Lipinski definition) is 1. The van der Waals surface area contributed by atoms with Gasteiger partial charge >= 0.3 is 0 Å². The maximum absolute atomic E-state index is 12.6. The van der Waals surface area contributed by atoms with Crippen molar-refractivity contribution in [1.29, 1.82) is 0 Å². The van der Waals surface area contributed by atoms with Crippen LogP contribution in [0.2, 0.25) is 0 Å². The number of nitrogens with one attached hydrogen (secondary N) is 1. The van der Waals surface area contributed by atoms with Crippen LogP contribution in [0.5, 0.6) is 23.0 Å². The minimum absolute atomic E-state index is 0.00302. The smallest absolute Gasteiger partial charge is 0.225 e. The highest BCUT2D eigenvalue weighted by Crippen LogP contribution is 2.29. The molecule has 8 heteroatoms. The molecule has 0 saturated carbocycles. The molecule has 2 aromatic rings. The summed E-state index contributed by atoms with van der Waals surface area (Å²) in [6.07, 6.45) is 0.899. The first-order valence-electron chi connectivity index (χ1n) is 10.5. The lowest BCUT2D eigenvalue weighted by molar-refractivity contribution is -0.129. The van der Waals surface area contributed by atoms with Gasteiger partial charge in [0, 0.05) is 26.1 Å². The predicted octanol–water partition coefficient (Wildman–Crippen LogP) is 2.43. The van der Waals surface area contributed by atoms with Crippen LogP contribution in [-0.4, -0.2) is 58.2 Å². The largest absolute Gasteiger partial charge is 0.493 e. The van der Waals surface area contributed by atoms with E-state index in [2.05, 4.69) is 5.32 Å². The van der Waals surface area contributed by atoms with Crippen LogP contribution in [0, 0.1) is 5.92 Å². The molecule has 2 aromatic carbocycles. The van der Waals surface area contributed by atoms with Crippen molar-refractivity contribution in [1.82, 2.24) is 10.2 Å². The molecule has 1 aliphatic heterocycles. The summed E-state index contributed by atoms with van der Waals surface area (Å²) in [6.45, 7) is 1.33. The van der Waals surface area contributed by atoms with Crippen LogP contribution in [0.4, 0.5) is 0 Å². The van der Waals surface area contributed by atoms with E-state index in [4.69, 9.17) is 18.9 Å². The minimum Gasteiger partial charge on any atom is -0.493 e. The zero-order valence-corrected chi connectivity index (χ0v) is 19.0. The van der Waals surface area contributed by atoms with Gasteiger partial charge in [-0.3, -0.25) is 9.59 Å². The van der Waals surface area contributed by atoms with E-state index < -0.39 is 0 Å². The molecular formula is C24H30N2O6. The molecule has 0 radical (unpaired) electrons. The van der Waals surface area contributed by atoms with Crippen LogP contribution in [0.3, 0.4) is 0 Å². The van der Waals surface area contributed by atoms with Crippen LogP contribution in [0.1, 0.15) is 17.5 Å². The Morgan fingerprint density at radius 3 is 2.06 bits per heavy atom. The minimum atomic E-state index is -0.354. The van der Waals surface area contributed by atoms with E-state index in [-0.39, 0.29) is 24.2 Å². The number of nitrogens with zero attached hydrogens (tertiary/aromatic N) is 1. The van der Waals surface area contributed by atoms with Crippen molar-refractivity contribution < 1.29 is 28.5 Å². The lowest BCUT2D eigenvalue weighted by Crippen LogP contribution is -2.33. The number of likely N-dealkylation sites (tertiary alicyclic amines) is 1. The van der Waals surface area contributed by atoms with E-state index in [0.29, 0.717) is 49.1 Å². The van der Waals surface area contributed by atoms with Crippen LogP contribution >= 0.6 is 0 Å². The van der Waals surface area contributed by atoms with Gasteiger partial charge in [0.15, 0.2) is 23.0 Å². The van der Waals surface area contributed by atoms with Crippen molar-refractivity contribution in [2.45, 2.75) is 19.4 Å². The Hall–Kier alpha value is -3.42. The summed E-state index contributed by atoms with van der Waals surface area (Å²) in [5.41, 5.74) is 1.93. The number of amides is 2. The third-order valence-electron chi connectivity index (χ3n) is 5.62. The Morgan fingerprint density at radius 1 is 0.906 bits per heavy atom. The van der Waals surface area contributed by atoms with Crippen molar-refractivity contribution in [2.24, 2.45) is 5.92 Å². The van der Waals surface area contributed by atoms with E-state index >= 15 is 0 Å². The predicted molar refractivity (Wildman–Crippen MR) is 119 cm³/mol. The molecule has 1 saturated heterocycles. The molecular weight excluding hydrogens is 412 g/mol. The monoisotopic (exact) mass is 442 g/mol. The number of carbonyl (C=O) groups is 2. The van der Waals surface area contributed by atoms with Crippen molar-refractivity contribution >= 4 is 11.8 Å². The van der Waals surface area contributed by atoms with Crippen LogP contribution in [0.15, 0.2) is 36.4 Å². The Bertz CT molecular complexity index is 962. The zero-order chi connectivity index (χ0) is 23.1. The average molecular weight is 443 g/mol. The molecule has 1 fully saturated rings. The van der Waals surface area contributed by atoms with E-state index in [9.17, 15) is 9.59 Å². The summed E-state index contributed by atoms with van der Waals surface area (Å²) >= 11 is 0. The van der Waals surface area contributed by atoms with Gasteiger partial charge in [-0.1, -0.05) is 12.1 Å². The summed E-state index contributed by atoms with van der Waals surface area (Å²) in [7, 11) is 6.34. The molecule has 1 atom stereocenters. The molecule has 2 amide bonds. The van der Waals surface area contributed by atoms with Crippen molar-refractivity contribution in [3.05, 3.63) is 47.5 Å². The second-order valence-corrected chi connectivity index (χ2v) is 7.59. The molecule has 1 aliphatic rings. The number of rotatable bonds is 10. The lowest BCUT2D eigenvalue weighted by atomic mass is 10.1. The first-order chi connectivity index (χ1) is 15.5. The maximum atomic E-state index is 12.6. The fraction of sp³-hybridized carbons (Fsp3) is 0.417. The van der Waals surface area contributed by atoms with Crippen molar-refractivity contribution in [3.63, 3.8) is 0 Å². The van der Waals surface area contributed by atoms with E-state index in [1.54, 1.807) is 39.4 Å². The summed E-state index contributed by atoms with van der Waals surface area (Å²) in [5, 5.41) is 2.93. The first kappa shape index (κ1) is 23.2. The Labute approximate surface area is 188 Å². The van der Waals surface area contributed by atoms with Gasteiger partial charge in [-0.25, -0.2) is 0 Å². The molecule has 0 aliphatic carbocycles. The third kappa shape index (κ3) is 5.43. The second-order valence-electron chi connectivity index (χ2n) is 7.59. The van der Waals surface area contributed by atoms with Gasteiger partial charge < -0.3 is 29.2 Å². The topological polar surface area (TPSA) is 86.3 Å². The third-order valence-corrected chi connectivity index (χ3v) is 5.62. The molecule has 0 bridgehead atoms. The Kier molecular flexibility index (Phi) is 7.81. The highest BCUT2D eigenvalue weighted by Gasteiger charge is 2.33. The maximum Gasteiger partial charge on any atom is 0.225 e. The van der Waals surface area contributed by atoms with Crippen LogP contribution in [-0.2, 0) is 22.6 Å². The molecule has 32 heavy (non-hydrogen) atoms. The van der Waals surface area contributed by atoms with E-state index in [1.807, 2.05) is 30.3 Å². The SMILES string of the molecule is COc1ccc(CCN2CC(C(=O)NCc3ccc(OC)c(OC)c3)CC2=O)cc1OC. The number of benzene rings is 2. The Morgan fingerprint density at radius 2 is 1.47 bits per heavy atom. The van der Waals surface area contributed by atoms with Gasteiger partial charge in [0.05, 0.1) is 34.4 Å². The molecule has 1 N–H and O–H groups in total. The molecule has 8 nitrogen and oxygen atoms in total. The van der Waals surface area contributed by atoms with Gasteiger partial charge in [0.2, 0.25) is 11.8 Å². The molecule has 1 unspecified atom stereocenters. The molecule has 3 rings (SSSR count). The lowest BCUT2D eigenvalue weighted by Gasteiger charge is -2.17.